The third-order valence-corrected chi connectivity index (χ3v) is 1.88. The van der Waals surface area contributed by atoms with Crippen LogP contribution in [0, 0.1) is 0 Å². The van der Waals surface area contributed by atoms with Crippen molar-refractivity contribution >= 4 is 13.3 Å². The molecule has 1 aromatic carbocycles. The Balaban J connectivity index is 2.94. The summed E-state index contributed by atoms with van der Waals surface area (Å²) >= 11 is 0. The van der Waals surface area contributed by atoms with Crippen molar-refractivity contribution in [2.24, 2.45) is 0 Å². The molecule has 0 fully saturated rings. The van der Waals surface area contributed by atoms with E-state index in [4.69, 9.17) is 12.6 Å². The third kappa shape index (κ3) is 2.77. The first-order valence-corrected chi connectivity index (χ1v) is 4.75. The molecule has 14 heavy (non-hydrogen) atoms. The molecule has 1 unspecified atom stereocenters. The minimum Gasteiger partial charge on any atom is -0.491 e. The van der Waals surface area contributed by atoms with E-state index in [1.165, 1.54) is 0 Å². The van der Waals surface area contributed by atoms with E-state index in [0.29, 0.717) is 11.0 Å². The van der Waals surface area contributed by atoms with Gasteiger partial charge in [-0.05, 0) is 38.5 Å². The molecule has 0 amide bonds. The lowest BCUT2D eigenvalue weighted by Gasteiger charge is -2.14. The molecule has 0 spiro atoms. The van der Waals surface area contributed by atoms with Crippen molar-refractivity contribution in [2.45, 2.75) is 33.0 Å². The lowest BCUT2D eigenvalue weighted by Crippen LogP contribution is -2.14. The van der Waals surface area contributed by atoms with Crippen LogP contribution in [0.1, 0.15) is 32.4 Å². The van der Waals surface area contributed by atoms with Gasteiger partial charge in [0.15, 0.2) is 0 Å². The van der Waals surface area contributed by atoms with Gasteiger partial charge >= 0.3 is 0 Å². The van der Waals surface area contributed by atoms with Gasteiger partial charge in [0.1, 0.15) is 13.6 Å². The second-order valence-corrected chi connectivity index (χ2v) is 3.63. The highest BCUT2D eigenvalue weighted by atomic mass is 16.5. The van der Waals surface area contributed by atoms with Gasteiger partial charge in [-0.1, -0.05) is 11.5 Å². The van der Waals surface area contributed by atoms with Gasteiger partial charge in [-0.3, -0.25) is 0 Å². The van der Waals surface area contributed by atoms with E-state index < -0.39 is 6.10 Å². The van der Waals surface area contributed by atoms with Gasteiger partial charge < -0.3 is 9.84 Å². The SMILES string of the molecule is [B]c1ccc(OC(C)C)cc1C(C)O. The minimum absolute atomic E-state index is 0.125. The number of aliphatic hydroxyl groups excluding tert-OH is 1. The monoisotopic (exact) mass is 190 g/mol. The zero-order chi connectivity index (χ0) is 10.7. The summed E-state index contributed by atoms with van der Waals surface area (Å²) in [5.41, 5.74) is 1.30. The number of ether oxygens (including phenoxy) is 1. The molecule has 0 bridgehead atoms. The molecule has 0 saturated heterocycles. The number of rotatable bonds is 3. The van der Waals surface area contributed by atoms with Crippen LogP contribution in [0.15, 0.2) is 18.2 Å². The fourth-order valence-electron chi connectivity index (χ4n) is 1.26. The molecule has 1 rings (SSSR count). The normalized spacial score (nSPS) is 12.9. The molecule has 0 heterocycles. The fraction of sp³-hybridized carbons (Fsp3) is 0.455. The Kier molecular flexibility index (Phi) is 3.58. The Morgan fingerprint density at radius 1 is 1.29 bits per heavy atom. The van der Waals surface area contributed by atoms with Gasteiger partial charge in [0.2, 0.25) is 0 Å². The van der Waals surface area contributed by atoms with Crippen LogP contribution in [-0.4, -0.2) is 19.1 Å². The van der Waals surface area contributed by atoms with Crippen molar-refractivity contribution in [3.8, 4) is 5.75 Å². The van der Waals surface area contributed by atoms with E-state index >= 15 is 0 Å². The summed E-state index contributed by atoms with van der Waals surface area (Å²) in [5, 5.41) is 9.43. The van der Waals surface area contributed by atoms with Crippen molar-refractivity contribution in [3.05, 3.63) is 23.8 Å². The molecule has 1 atom stereocenters. The molecule has 74 valence electrons. The topological polar surface area (TPSA) is 29.5 Å². The van der Waals surface area contributed by atoms with Gasteiger partial charge in [0, 0.05) is 0 Å². The molecule has 3 heteroatoms. The maximum atomic E-state index is 9.43. The summed E-state index contributed by atoms with van der Waals surface area (Å²) in [7, 11) is 5.71. The standard InChI is InChI=1S/C11H15BO2/c1-7(2)14-9-4-5-11(12)10(6-9)8(3)13/h4-8,13H,1-3H3. The van der Waals surface area contributed by atoms with E-state index in [0.717, 1.165) is 5.75 Å². The number of benzene rings is 1. The molecule has 1 aromatic rings. The van der Waals surface area contributed by atoms with Gasteiger partial charge in [-0.15, -0.1) is 0 Å². The van der Waals surface area contributed by atoms with E-state index in [1.807, 2.05) is 13.8 Å². The van der Waals surface area contributed by atoms with Crippen LogP contribution in [0.4, 0.5) is 0 Å². The molecule has 0 aromatic heterocycles. The highest BCUT2D eigenvalue weighted by Crippen LogP contribution is 2.17. The van der Waals surface area contributed by atoms with Crippen LogP contribution in [0.2, 0.25) is 0 Å². The number of aliphatic hydroxyl groups is 1. The average Bonchev–Trinajstić information content (AvgIpc) is 2.07. The summed E-state index contributed by atoms with van der Waals surface area (Å²) in [6.45, 7) is 5.60. The zero-order valence-electron chi connectivity index (χ0n) is 8.82. The quantitative estimate of drug-likeness (QED) is 0.728. The second kappa shape index (κ2) is 4.51. The van der Waals surface area contributed by atoms with Gasteiger partial charge in [0.05, 0.1) is 12.2 Å². The number of hydrogen-bond donors (Lipinski definition) is 1. The number of hydrogen-bond acceptors (Lipinski definition) is 2. The maximum absolute atomic E-state index is 9.43. The summed E-state index contributed by atoms with van der Waals surface area (Å²) in [5.74, 6) is 0.741. The molecular formula is C11H15BO2. The van der Waals surface area contributed by atoms with E-state index in [2.05, 4.69) is 0 Å². The molecule has 1 N–H and O–H groups in total. The molecule has 0 aliphatic heterocycles. The van der Waals surface area contributed by atoms with Crippen LogP contribution < -0.4 is 10.2 Å². The van der Waals surface area contributed by atoms with Crippen LogP contribution >= 0.6 is 0 Å². The minimum atomic E-state index is -0.564. The van der Waals surface area contributed by atoms with Crippen molar-refractivity contribution in [1.29, 1.82) is 0 Å². The summed E-state index contributed by atoms with van der Waals surface area (Å²) in [6.07, 6.45) is -0.439. The summed E-state index contributed by atoms with van der Waals surface area (Å²) in [6, 6.07) is 5.33. The molecular weight excluding hydrogens is 175 g/mol. The molecule has 0 aliphatic rings. The van der Waals surface area contributed by atoms with Crippen molar-refractivity contribution < 1.29 is 9.84 Å². The Bertz CT molecular complexity index is 308. The van der Waals surface area contributed by atoms with Crippen molar-refractivity contribution in [3.63, 3.8) is 0 Å². The predicted octanol–water partition coefficient (Wildman–Crippen LogP) is 1.32. The average molecular weight is 190 g/mol. The van der Waals surface area contributed by atoms with Crippen LogP contribution in [0.5, 0.6) is 5.75 Å². The van der Waals surface area contributed by atoms with Crippen molar-refractivity contribution in [2.75, 3.05) is 0 Å². The molecule has 0 saturated carbocycles. The zero-order valence-corrected chi connectivity index (χ0v) is 8.82. The van der Waals surface area contributed by atoms with Crippen molar-refractivity contribution in [1.82, 2.24) is 0 Å². The lowest BCUT2D eigenvalue weighted by atomic mass is 9.88. The fourth-order valence-corrected chi connectivity index (χ4v) is 1.26. The molecule has 2 nitrogen and oxygen atoms in total. The van der Waals surface area contributed by atoms with E-state index in [1.54, 1.807) is 25.1 Å². The lowest BCUT2D eigenvalue weighted by molar-refractivity contribution is 0.198. The third-order valence-electron chi connectivity index (χ3n) is 1.88. The smallest absolute Gasteiger partial charge is 0.120 e. The maximum Gasteiger partial charge on any atom is 0.120 e. The van der Waals surface area contributed by atoms with Gasteiger partial charge in [-0.2, -0.15) is 0 Å². The Morgan fingerprint density at radius 2 is 1.93 bits per heavy atom. The first-order valence-electron chi connectivity index (χ1n) is 4.75. The predicted molar refractivity (Wildman–Crippen MR) is 58.2 cm³/mol. The summed E-state index contributed by atoms with van der Waals surface area (Å²) in [4.78, 5) is 0. The van der Waals surface area contributed by atoms with Crippen LogP contribution in [-0.2, 0) is 0 Å². The Morgan fingerprint density at radius 3 is 2.43 bits per heavy atom. The van der Waals surface area contributed by atoms with E-state index in [9.17, 15) is 5.11 Å². The Hall–Kier alpha value is -0.955. The van der Waals surface area contributed by atoms with Gasteiger partial charge in [0.25, 0.3) is 0 Å². The Labute approximate surface area is 86.3 Å². The van der Waals surface area contributed by atoms with E-state index in [-0.39, 0.29) is 6.10 Å². The largest absolute Gasteiger partial charge is 0.491 e. The first-order chi connectivity index (χ1) is 6.50. The second-order valence-electron chi connectivity index (χ2n) is 3.63. The molecule has 2 radical (unpaired) electrons. The molecule has 0 aliphatic carbocycles. The van der Waals surface area contributed by atoms with Crippen LogP contribution in [0.25, 0.3) is 0 Å². The highest BCUT2D eigenvalue weighted by molar-refractivity contribution is 6.33. The highest BCUT2D eigenvalue weighted by Gasteiger charge is 2.06. The van der Waals surface area contributed by atoms with Crippen LogP contribution in [0.3, 0.4) is 0 Å². The first kappa shape index (κ1) is 11.1. The van der Waals surface area contributed by atoms with Gasteiger partial charge in [-0.25, -0.2) is 0 Å². The summed E-state index contributed by atoms with van der Waals surface area (Å²) < 4.78 is 5.49.